The third-order valence-electron chi connectivity index (χ3n) is 10.3. The first kappa shape index (κ1) is 68.5. The highest BCUT2D eigenvalue weighted by Crippen LogP contribution is 2.08. The molecule has 0 aromatic carbocycles. The molecule has 0 aliphatic heterocycles. The van der Waals surface area contributed by atoms with Crippen molar-refractivity contribution in [2.75, 3.05) is 0 Å². The molecule has 0 heterocycles. The van der Waals surface area contributed by atoms with Gasteiger partial charge < -0.3 is 95.3 Å². The summed E-state index contributed by atoms with van der Waals surface area (Å²) in [5.41, 5.74) is 10.4. The average Bonchev–Trinajstić information content (AvgIpc) is 3.30. The number of nitrogens with one attached hydrogen (secondary N) is 10. The molecule has 0 bridgehead atoms. The van der Waals surface area contributed by atoms with Crippen molar-refractivity contribution in [2.24, 2.45) is 11.5 Å². The summed E-state index contributed by atoms with van der Waals surface area (Å²) in [5, 5.41) is 76.2. The van der Waals surface area contributed by atoms with Gasteiger partial charge in [0.1, 0.15) is 60.4 Å². The molecule has 0 saturated carbocycles. The van der Waals surface area contributed by atoms with Crippen LogP contribution in [0.4, 0.5) is 0 Å². The molecule has 3 unspecified atom stereocenters. The fourth-order valence-electron chi connectivity index (χ4n) is 6.24. The summed E-state index contributed by atoms with van der Waals surface area (Å²) in [6.07, 6.45) is -9.16. The van der Waals surface area contributed by atoms with Crippen molar-refractivity contribution < 1.29 is 117 Å². The Morgan fingerprint density at radius 1 is 0.308 bits per heavy atom. The summed E-state index contributed by atoms with van der Waals surface area (Å²) in [4.78, 5) is 223. The van der Waals surface area contributed by atoms with Crippen molar-refractivity contribution in [1.29, 1.82) is 0 Å². The number of amides is 12. The largest absolute Gasteiger partial charge is 0.481 e. The Morgan fingerprint density at radius 2 is 0.538 bits per heavy atom. The summed E-state index contributed by atoms with van der Waals surface area (Å²) in [7, 11) is 0. The highest BCUT2D eigenvalue weighted by atomic mass is 16.4. The van der Waals surface area contributed by atoms with E-state index in [0.717, 1.165) is 27.7 Å². The van der Waals surface area contributed by atoms with E-state index in [0.29, 0.717) is 0 Å². The van der Waals surface area contributed by atoms with Crippen LogP contribution in [0.5, 0.6) is 0 Å². The zero-order valence-electron chi connectivity index (χ0n) is 42.0. The van der Waals surface area contributed by atoms with Gasteiger partial charge in [-0.1, -0.05) is 0 Å². The van der Waals surface area contributed by atoms with Crippen LogP contribution in [0.15, 0.2) is 0 Å². The molecule has 36 nitrogen and oxygen atoms in total. The van der Waals surface area contributed by atoms with Gasteiger partial charge in [-0.3, -0.25) is 86.3 Å². The van der Waals surface area contributed by atoms with Crippen LogP contribution in [0.3, 0.4) is 0 Å². The number of carbonyl (C=O) groups is 18. The molecule has 36 heteroatoms. The van der Waals surface area contributed by atoms with Crippen LogP contribution in [-0.2, 0) is 86.3 Å². The Kier molecular flexibility index (Phi) is 29.3. The van der Waals surface area contributed by atoms with Crippen molar-refractivity contribution in [1.82, 2.24) is 53.2 Å². The fraction of sp³-hybridized carbons (Fsp3) is 0.571. The number of carboxylic acids is 6. The molecule has 434 valence electrons. The van der Waals surface area contributed by atoms with Crippen LogP contribution >= 0.6 is 0 Å². The topological polar surface area (TPSA) is 601 Å². The normalized spacial score (nSPS) is 14.5. The van der Waals surface area contributed by atoms with E-state index in [-0.39, 0.29) is 0 Å². The molecule has 0 saturated heterocycles. The Bertz CT molecular complexity index is 2330. The van der Waals surface area contributed by atoms with Crippen molar-refractivity contribution >= 4 is 107 Å². The zero-order chi connectivity index (χ0) is 60.3. The van der Waals surface area contributed by atoms with Crippen LogP contribution in [0.2, 0.25) is 0 Å². The highest BCUT2D eigenvalue weighted by Gasteiger charge is 2.36. The number of aliphatic carboxylic acids is 6. The molecule has 0 radical (unpaired) electrons. The zero-order valence-corrected chi connectivity index (χ0v) is 42.0. The Labute approximate surface area is 440 Å². The fourth-order valence-corrected chi connectivity index (χ4v) is 6.24. The average molecular weight is 1120 g/mol. The second-order valence-corrected chi connectivity index (χ2v) is 17.0. The first-order chi connectivity index (χ1) is 36.0. The molecule has 0 rings (SSSR count). The number of rotatable bonds is 37. The lowest BCUT2D eigenvalue weighted by atomic mass is 10.1. The van der Waals surface area contributed by atoms with Gasteiger partial charge in [0.15, 0.2) is 0 Å². The maximum Gasteiger partial charge on any atom is 0.305 e. The lowest BCUT2D eigenvalue weighted by Gasteiger charge is -2.26. The van der Waals surface area contributed by atoms with Crippen molar-refractivity contribution in [3.8, 4) is 0 Å². The molecule has 0 aromatic rings. The van der Waals surface area contributed by atoms with Gasteiger partial charge in [0, 0.05) is 26.2 Å². The van der Waals surface area contributed by atoms with E-state index in [2.05, 4.69) is 26.6 Å². The molecular formula is C42H62N12O24. The summed E-state index contributed by atoms with van der Waals surface area (Å²) in [6, 6.07) is -18.6. The van der Waals surface area contributed by atoms with Crippen LogP contribution < -0.4 is 64.6 Å². The molecule has 78 heavy (non-hydrogen) atoms. The van der Waals surface area contributed by atoms with Crippen LogP contribution in [0.25, 0.3) is 0 Å². The number of nitrogens with two attached hydrogens (primary N) is 2. The molecular weight excluding hydrogens is 1060 g/mol. The SMILES string of the molecule is CC(=O)NC(CC(=O)O)C(=O)N[C@H](C)C(=O)NC(CCC(=O)O)C(=O)N[C@H](CC(=O)O)C(=O)N[C@H](CC(N)=O)C(=O)N[C@H](C)C(=O)N[C@H](CC(=O)O)C(=O)N[C@H](CCC(=O)O)C(=O)NC(CCC(=O)O)C(=O)N[C@H](C)C(N)=O. The van der Waals surface area contributed by atoms with Gasteiger partial charge >= 0.3 is 35.8 Å². The predicted octanol–water partition coefficient (Wildman–Crippen LogP) is -8.71. The van der Waals surface area contributed by atoms with E-state index in [1.165, 1.54) is 0 Å². The molecule has 12 amide bonds. The van der Waals surface area contributed by atoms with Gasteiger partial charge in [0.2, 0.25) is 70.9 Å². The lowest BCUT2D eigenvalue weighted by Crippen LogP contribution is -2.60. The Balaban J connectivity index is 6.52. The summed E-state index contributed by atoms with van der Waals surface area (Å²) >= 11 is 0. The van der Waals surface area contributed by atoms with Gasteiger partial charge in [-0.05, 0) is 40.0 Å². The van der Waals surface area contributed by atoms with Crippen molar-refractivity contribution in [3.63, 3.8) is 0 Å². The van der Waals surface area contributed by atoms with Crippen molar-refractivity contribution in [3.05, 3.63) is 0 Å². The van der Waals surface area contributed by atoms with Crippen LogP contribution in [-0.4, -0.2) is 198 Å². The Hall–Kier alpha value is -9.54. The smallest absolute Gasteiger partial charge is 0.305 e. The molecule has 0 aromatic heterocycles. The number of carbonyl (C=O) groups excluding carboxylic acids is 12. The minimum atomic E-state index is -2.22. The monoisotopic (exact) mass is 1120 g/mol. The third kappa shape index (κ3) is 27.7. The van der Waals surface area contributed by atoms with Crippen LogP contribution in [0, 0.1) is 0 Å². The molecule has 0 aliphatic carbocycles. The lowest BCUT2D eigenvalue weighted by molar-refractivity contribution is -0.143. The first-order valence-electron chi connectivity index (χ1n) is 22.9. The Morgan fingerprint density at radius 3 is 0.821 bits per heavy atom. The molecule has 20 N–H and O–H groups in total. The van der Waals surface area contributed by atoms with Crippen LogP contribution in [0.1, 0.15) is 91.9 Å². The second kappa shape index (κ2) is 33.4. The number of hydrogen-bond donors (Lipinski definition) is 18. The molecule has 10 atom stereocenters. The maximum absolute atomic E-state index is 13.5. The highest BCUT2D eigenvalue weighted by molar-refractivity contribution is 6.01. The summed E-state index contributed by atoms with van der Waals surface area (Å²) < 4.78 is 0. The van der Waals surface area contributed by atoms with E-state index in [4.69, 9.17) is 21.7 Å². The maximum atomic E-state index is 13.5. The number of hydrogen-bond acceptors (Lipinski definition) is 18. The number of carboxylic acid groups (broad SMARTS) is 6. The summed E-state index contributed by atoms with van der Waals surface area (Å²) in [6.45, 7) is 4.06. The van der Waals surface area contributed by atoms with Crippen molar-refractivity contribution in [2.45, 2.75) is 152 Å². The third-order valence-corrected chi connectivity index (χ3v) is 10.3. The van der Waals surface area contributed by atoms with E-state index < -0.39 is 231 Å². The molecule has 0 fully saturated rings. The second-order valence-electron chi connectivity index (χ2n) is 17.0. The van der Waals surface area contributed by atoms with E-state index in [9.17, 15) is 107 Å². The van der Waals surface area contributed by atoms with Gasteiger partial charge in [0.25, 0.3) is 0 Å². The minimum absolute atomic E-state index is 0.614. The van der Waals surface area contributed by atoms with E-state index >= 15 is 0 Å². The van der Waals surface area contributed by atoms with E-state index in [1.807, 2.05) is 26.6 Å². The summed E-state index contributed by atoms with van der Waals surface area (Å²) in [5.74, 6) is -24.9. The molecule has 0 aliphatic rings. The first-order valence-corrected chi connectivity index (χ1v) is 22.9. The predicted molar refractivity (Wildman–Crippen MR) is 252 cm³/mol. The molecule has 0 spiro atoms. The number of primary amides is 2. The van der Waals surface area contributed by atoms with Gasteiger partial charge in [-0.15, -0.1) is 0 Å². The quantitative estimate of drug-likeness (QED) is 0.0275. The van der Waals surface area contributed by atoms with Gasteiger partial charge in [0.05, 0.1) is 25.7 Å². The van der Waals surface area contributed by atoms with E-state index in [1.54, 1.807) is 0 Å². The standard InChI is InChI=1S/C42H62N12O24/c1-15(33(44)69)45-36(72)19(5-8-27(57)58)50-37(73)21(7-10-29(61)62)51-41(77)24(13-31(65)66)52-35(71)17(3)46-39(75)22(11-26(43)56)53-42(78)25(14-32(67)68)54-38(74)20(6-9-28(59)60)49-34(70)16(2)47-40(76)23(12-30(63)64)48-18(4)55/h15-17,19-25H,5-14H2,1-4H3,(H2,43,56)(H2,44,69)(H,45,72)(H,46,75)(H,47,76)(H,48,55)(H,49,70)(H,50,73)(H,51,77)(H,52,71)(H,53,78)(H,54,74)(H,57,58)(H,59,60)(H,61,62)(H,63,64)(H,65,66)(H,67,68)/t15-,16-,17-,19?,20?,21-,22-,23?,24-,25-/m1/s1. The van der Waals surface area contributed by atoms with Gasteiger partial charge in [-0.2, -0.15) is 0 Å². The van der Waals surface area contributed by atoms with Gasteiger partial charge in [-0.25, -0.2) is 0 Å². The minimum Gasteiger partial charge on any atom is -0.481 e.